The molecular weight excluding hydrogens is 186 g/mol. The Labute approximate surface area is 91.7 Å². The van der Waals surface area contributed by atoms with Crippen LogP contribution in [0.15, 0.2) is 18.5 Å². The molecule has 0 bridgehead atoms. The van der Waals surface area contributed by atoms with Crippen molar-refractivity contribution in [3.05, 3.63) is 29.6 Å². The van der Waals surface area contributed by atoms with Crippen LogP contribution in [0.5, 0.6) is 0 Å². The Hall–Kier alpha value is -1.18. The third-order valence-electron chi connectivity index (χ3n) is 2.91. The van der Waals surface area contributed by atoms with E-state index in [1.165, 1.54) is 0 Å². The van der Waals surface area contributed by atoms with E-state index in [-0.39, 0.29) is 11.7 Å². The lowest BCUT2D eigenvalue weighted by molar-refractivity contribution is 0.0912. The molecule has 2 nitrogen and oxygen atoms in total. The predicted molar refractivity (Wildman–Crippen MR) is 62.0 cm³/mol. The fourth-order valence-corrected chi connectivity index (χ4v) is 1.83. The Balaban J connectivity index is 2.99. The number of rotatable bonds is 5. The van der Waals surface area contributed by atoms with Crippen LogP contribution < -0.4 is 0 Å². The lowest BCUT2D eigenvalue weighted by Gasteiger charge is -2.13. The lowest BCUT2D eigenvalue weighted by atomic mass is 9.91. The first kappa shape index (κ1) is 11.9. The van der Waals surface area contributed by atoms with Crippen LogP contribution in [0.4, 0.5) is 0 Å². The van der Waals surface area contributed by atoms with Gasteiger partial charge in [-0.05, 0) is 30.9 Å². The molecule has 0 amide bonds. The molecule has 0 unspecified atom stereocenters. The molecule has 0 N–H and O–H groups in total. The molecule has 1 aromatic heterocycles. The third kappa shape index (κ3) is 2.65. The second-order valence-electron chi connectivity index (χ2n) is 3.76. The fourth-order valence-electron chi connectivity index (χ4n) is 1.83. The van der Waals surface area contributed by atoms with Crippen molar-refractivity contribution < 1.29 is 4.79 Å². The number of hydrogen-bond acceptors (Lipinski definition) is 2. The van der Waals surface area contributed by atoms with Gasteiger partial charge >= 0.3 is 0 Å². The molecule has 82 valence electrons. The molecule has 0 aliphatic carbocycles. The summed E-state index contributed by atoms with van der Waals surface area (Å²) in [6, 6.07) is 1.85. The molecule has 0 aliphatic heterocycles. The number of aromatic nitrogens is 1. The standard InChI is InChI=1S/C13H19NO/c1-4-10(5-2)13(15)12-7-8-14-9-11(12)6-3/h7-10H,4-6H2,1-3H3. The summed E-state index contributed by atoms with van der Waals surface area (Å²) in [5, 5.41) is 0. The molecule has 1 aromatic rings. The van der Waals surface area contributed by atoms with E-state index in [2.05, 4.69) is 25.8 Å². The molecule has 15 heavy (non-hydrogen) atoms. The molecular formula is C13H19NO. The zero-order chi connectivity index (χ0) is 11.3. The van der Waals surface area contributed by atoms with Crippen LogP contribution in [0, 0.1) is 5.92 Å². The summed E-state index contributed by atoms with van der Waals surface area (Å²) in [6.45, 7) is 6.19. The molecule has 1 rings (SSSR count). The van der Waals surface area contributed by atoms with Gasteiger partial charge in [-0.1, -0.05) is 20.8 Å². The van der Waals surface area contributed by atoms with Gasteiger partial charge in [-0.25, -0.2) is 0 Å². The van der Waals surface area contributed by atoms with Crippen molar-refractivity contribution in [1.29, 1.82) is 0 Å². The maximum atomic E-state index is 12.2. The number of Topliss-reactive ketones (excluding diaryl/α,β-unsaturated/α-hetero) is 1. The minimum Gasteiger partial charge on any atom is -0.294 e. The van der Waals surface area contributed by atoms with Gasteiger partial charge < -0.3 is 0 Å². The summed E-state index contributed by atoms with van der Waals surface area (Å²) in [4.78, 5) is 16.2. The van der Waals surface area contributed by atoms with Crippen LogP contribution in [-0.4, -0.2) is 10.8 Å². The molecule has 0 fully saturated rings. The summed E-state index contributed by atoms with van der Waals surface area (Å²) in [7, 11) is 0. The Bertz CT molecular complexity index is 329. The van der Waals surface area contributed by atoms with Crippen molar-refractivity contribution in [3.63, 3.8) is 0 Å². The van der Waals surface area contributed by atoms with Crippen LogP contribution >= 0.6 is 0 Å². The number of ketones is 1. The minimum absolute atomic E-state index is 0.165. The third-order valence-corrected chi connectivity index (χ3v) is 2.91. The van der Waals surface area contributed by atoms with Crippen LogP contribution in [0.3, 0.4) is 0 Å². The van der Waals surface area contributed by atoms with Gasteiger partial charge in [-0.3, -0.25) is 9.78 Å². The lowest BCUT2D eigenvalue weighted by Crippen LogP contribution is -2.15. The molecule has 0 atom stereocenters. The summed E-state index contributed by atoms with van der Waals surface area (Å²) in [5.41, 5.74) is 1.93. The van der Waals surface area contributed by atoms with E-state index in [1.807, 2.05) is 6.07 Å². The average Bonchev–Trinajstić information content (AvgIpc) is 2.30. The molecule has 0 radical (unpaired) electrons. The van der Waals surface area contributed by atoms with Crippen molar-refractivity contribution in [2.45, 2.75) is 40.0 Å². The first-order valence-electron chi connectivity index (χ1n) is 5.71. The van der Waals surface area contributed by atoms with E-state index < -0.39 is 0 Å². The molecule has 2 heteroatoms. The highest BCUT2D eigenvalue weighted by atomic mass is 16.1. The molecule has 0 spiro atoms. The molecule has 1 heterocycles. The summed E-state index contributed by atoms with van der Waals surface area (Å²) in [6.07, 6.45) is 6.21. The quantitative estimate of drug-likeness (QED) is 0.690. The van der Waals surface area contributed by atoms with E-state index in [0.29, 0.717) is 0 Å². The number of nitrogens with zero attached hydrogens (tertiary/aromatic N) is 1. The van der Waals surface area contributed by atoms with Crippen LogP contribution in [0.2, 0.25) is 0 Å². The Morgan fingerprint density at radius 2 is 2.00 bits per heavy atom. The SMILES string of the molecule is CCc1cnccc1C(=O)C(CC)CC. The Morgan fingerprint density at radius 3 is 2.53 bits per heavy atom. The van der Waals surface area contributed by atoms with Crippen molar-refractivity contribution in [2.75, 3.05) is 0 Å². The summed E-state index contributed by atoms with van der Waals surface area (Å²) < 4.78 is 0. The topological polar surface area (TPSA) is 30.0 Å². The summed E-state index contributed by atoms with van der Waals surface area (Å²) in [5.74, 6) is 0.442. The first-order chi connectivity index (χ1) is 7.24. The predicted octanol–water partition coefficient (Wildman–Crippen LogP) is 3.26. The van der Waals surface area contributed by atoms with Crippen molar-refractivity contribution in [1.82, 2.24) is 4.98 Å². The van der Waals surface area contributed by atoms with Crippen molar-refractivity contribution in [2.24, 2.45) is 5.92 Å². The van der Waals surface area contributed by atoms with Gasteiger partial charge in [-0.2, -0.15) is 0 Å². The summed E-state index contributed by atoms with van der Waals surface area (Å²) >= 11 is 0. The smallest absolute Gasteiger partial charge is 0.166 e. The number of aryl methyl sites for hydroxylation is 1. The van der Waals surface area contributed by atoms with Crippen LogP contribution in [0.1, 0.15) is 49.5 Å². The normalized spacial score (nSPS) is 10.7. The second kappa shape index (κ2) is 5.64. The van der Waals surface area contributed by atoms with Gasteiger partial charge in [0.15, 0.2) is 5.78 Å². The van der Waals surface area contributed by atoms with Crippen molar-refractivity contribution in [3.8, 4) is 0 Å². The largest absolute Gasteiger partial charge is 0.294 e. The maximum absolute atomic E-state index is 12.2. The van der Waals surface area contributed by atoms with Gasteiger partial charge in [0.2, 0.25) is 0 Å². The Kier molecular flexibility index (Phi) is 4.47. The zero-order valence-electron chi connectivity index (χ0n) is 9.79. The van der Waals surface area contributed by atoms with Crippen molar-refractivity contribution >= 4 is 5.78 Å². The van der Waals surface area contributed by atoms with E-state index in [9.17, 15) is 4.79 Å². The highest BCUT2D eigenvalue weighted by Crippen LogP contribution is 2.18. The van der Waals surface area contributed by atoms with E-state index in [4.69, 9.17) is 0 Å². The van der Waals surface area contributed by atoms with Gasteiger partial charge in [0.1, 0.15) is 0 Å². The van der Waals surface area contributed by atoms with Crippen LogP contribution in [0.25, 0.3) is 0 Å². The average molecular weight is 205 g/mol. The fraction of sp³-hybridized carbons (Fsp3) is 0.538. The zero-order valence-corrected chi connectivity index (χ0v) is 9.79. The second-order valence-corrected chi connectivity index (χ2v) is 3.76. The number of pyridine rings is 1. The first-order valence-corrected chi connectivity index (χ1v) is 5.71. The monoisotopic (exact) mass is 205 g/mol. The van der Waals surface area contributed by atoms with Gasteiger partial charge in [0, 0.05) is 23.9 Å². The minimum atomic E-state index is 0.165. The van der Waals surface area contributed by atoms with Gasteiger partial charge in [-0.15, -0.1) is 0 Å². The molecule has 0 aromatic carbocycles. The molecule has 0 saturated carbocycles. The maximum Gasteiger partial charge on any atom is 0.166 e. The molecule has 0 aliphatic rings. The van der Waals surface area contributed by atoms with Gasteiger partial charge in [0.05, 0.1) is 0 Å². The van der Waals surface area contributed by atoms with Crippen LogP contribution in [-0.2, 0) is 6.42 Å². The van der Waals surface area contributed by atoms with E-state index in [0.717, 1.165) is 30.4 Å². The van der Waals surface area contributed by atoms with E-state index in [1.54, 1.807) is 12.4 Å². The number of carbonyl (C=O) groups is 1. The number of carbonyl (C=O) groups excluding carboxylic acids is 1. The Morgan fingerprint density at radius 1 is 1.33 bits per heavy atom. The highest BCUT2D eigenvalue weighted by molar-refractivity contribution is 5.99. The van der Waals surface area contributed by atoms with E-state index >= 15 is 0 Å². The number of hydrogen-bond donors (Lipinski definition) is 0. The highest BCUT2D eigenvalue weighted by Gasteiger charge is 2.18. The molecule has 0 saturated heterocycles. The van der Waals surface area contributed by atoms with Gasteiger partial charge in [0.25, 0.3) is 0 Å².